The number of carbonyl (C=O) groups is 2. The van der Waals surface area contributed by atoms with E-state index in [2.05, 4.69) is 15.4 Å². The number of hydrogen-bond acceptors (Lipinski definition) is 5. The maximum Gasteiger partial charge on any atom is 0.263 e. The second kappa shape index (κ2) is 11.6. The third-order valence-electron chi connectivity index (χ3n) is 5.35. The fourth-order valence-corrected chi connectivity index (χ4v) is 5.28. The summed E-state index contributed by atoms with van der Waals surface area (Å²) in [5.74, 6) is -0.214. The van der Waals surface area contributed by atoms with Crippen LogP contribution in [0.3, 0.4) is 0 Å². The minimum atomic E-state index is -4.14. The zero-order chi connectivity index (χ0) is 27.3. The average Bonchev–Trinajstić information content (AvgIpc) is 2.91. The predicted octanol–water partition coefficient (Wildman–Crippen LogP) is 6.31. The Morgan fingerprint density at radius 1 is 0.763 bits per heavy atom. The monoisotopic (exact) mass is 569 g/mol. The zero-order valence-corrected chi connectivity index (χ0v) is 22.2. The molecule has 0 aliphatic rings. The Balaban J connectivity index is 1.46. The van der Waals surface area contributed by atoms with E-state index < -0.39 is 15.9 Å². The minimum absolute atomic E-state index is 0.0139. The number of halogens is 2. The molecule has 11 heteroatoms. The lowest BCUT2D eigenvalue weighted by molar-refractivity contribution is 0.102. The van der Waals surface area contributed by atoms with Gasteiger partial charge in [0.1, 0.15) is 10.6 Å². The molecule has 0 spiro atoms. The van der Waals surface area contributed by atoms with Gasteiger partial charge in [0.15, 0.2) is 0 Å². The van der Waals surface area contributed by atoms with Crippen molar-refractivity contribution < 1.29 is 22.7 Å². The van der Waals surface area contributed by atoms with Gasteiger partial charge in [0, 0.05) is 22.0 Å². The van der Waals surface area contributed by atoms with E-state index in [9.17, 15) is 18.0 Å². The van der Waals surface area contributed by atoms with Gasteiger partial charge in [-0.25, -0.2) is 8.42 Å². The van der Waals surface area contributed by atoms with Crippen LogP contribution in [-0.2, 0) is 10.0 Å². The molecule has 0 unspecified atom stereocenters. The van der Waals surface area contributed by atoms with E-state index in [1.807, 2.05) is 0 Å². The molecule has 38 heavy (non-hydrogen) atoms. The van der Waals surface area contributed by atoms with Crippen LogP contribution in [0.5, 0.6) is 5.75 Å². The van der Waals surface area contributed by atoms with Crippen molar-refractivity contribution in [3.63, 3.8) is 0 Å². The predicted molar refractivity (Wildman–Crippen MR) is 149 cm³/mol. The molecule has 0 fully saturated rings. The van der Waals surface area contributed by atoms with E-state index in [0.29, 0.717) is 22.7 Å². The molecule has 0 saturated carbocycles. The van der Waals surface area contributed by atoms with Gasteiger partial charge in [0.2, 0.25) is 0 Å². The van der Waals surface area contributed by atoms with Crippen molar-refractivity contribution in [2.45, 2.75) is 4.90 Å². The number of sulfonamides is 1. The number of hydrogen-bond donors (Lipinski definition) is 3. The number of carbonyl (C=O) groups excluding carboxylic acids is 2. The first-order chi connectivity index (χ1) is 18.2. The summed E-state index contributed by atoms with van der Waals surface area (Å²) in [6, 6.07) is 23.3. The molecule has 0 bridgehead atoms. The molecule has 2 amide bonds. The van der Waals surface area contributed by atoms with Crippen molar-refractivity contribution in [1.82, 2.24) is 0 Å². The fourth-order valence-electron chi connectivity index (χ4n) is 3.43. The Labute approximate surface area is 229 Å². The van der Waals surface area contributed by atoms with Crippen molar-refractivity contribution in [3.8, 4) is 5.75 Å². The molecule has 0 radical (unpaired) electrons. The highest BCUT2D eigenvalue weighted by Gasteiger charge is 2.22. The fraction of sp³-hybridized carbons (Fsp3) is 0.0370. The average molecular weight is 570 g/mol. The maximum absolute atomic E-state index is 13.0. The Kier molecular flexibility index (Phi) is 8.21. The molecule has 3 N–H and O–H groups in total. The Hall–Kier alpha value is -4.05. The molecule has 0 aromatic heterocycles. The van der Waals surface area contributed by atoms with E-state index in [1.165, 1.54) is 30.3 Å². The Morgan fingerprint density at radius 2 is 1.37 bits per heavy atom. The van der Waals surface area contributed by atoms with Gasteiger partial charge in [-0.1, -0.05) is 35.3 Å². The van der Waals surface area contributed by atoms with Crippen LogP contribution in [-0.4, -0.2) is 27.3 Å². The summed E-state index contributed by atoms with van der Waals surface area (Å²) in [6.07, 6.45) is 0. The van der Waals surface area contributed by atoms with Gasteiger partial charge in [0.05, 0.1) is 23.4 Å². The maximum atomic E-state index is 13.0. The highest BCUT2D eigenvalue weighted by atomic mass is 35.5. The van der Waals surface area contributed by atoms with E-state index in [-0.39, 0.29) is 32.1 Å². The summed E-state index contributed by atoms with van der Waals surface area (Å²) in [4.78, 5) is 25.3. The second-order valence-electron chi connectivity index (χ2n) is 7.94. The van der Waals surface area contributed by atoms with Gasteiger partial charge in [0.25, 0.3) is 21.8 Å². The lowest BCUT2D eigenvalue weighted by Crippen LogP contribution is -2.19. The third kappa shape index (κ3) is 6.44. The molecule has 4 aromatic rings. The number of amides is 2. The Morgan fingerprint density at radius 3 is 2.03 bits per heavy atom. The third-order valence-corrected chi connectivity index (χ3v) is 7.43. The van der Waals surface area contributed by atoms with Crippen LogP contribution < -0.4 is 20.1 Å². The van der Waals surface area contributed by atoms with Gasteiger partial charge in [-0.15, -0.1) is 0 Å². The number of anilines is 3. The van der Waals surface area contributed by atoms with E-state index in [4.69, 9.17) is 27.9 Å². The number of para-hydroxylation sites is 1. The topological polar surface area (TPSA) is 114 Å². The zero-order valence-electron chi connectivity index (χ0n) is 19.9. The summed E-state index contributed by atoms with van der Waals surface area (Å²) >= 11 is 12.0. The normalized spacial score (nSPS) is 10.9. The van der Waals surface area contributed by atoms with E-state index in [0.717, 1.165) is 0 Å². The van der Waals surface area contributed by atoms with Crippen molar-refractivity contribution in [1.29, 1.82) is 0 Å². The van der Waals surface area contributed by atoms with E-state index >= 15 is 0 Å². The lowest BCUT2D eigenvalue weighted by atomic mass is 10.1. The van der Waals surface area contributed by atoms with Crippen LogP contribution in [0, 0.1) is 0 Å². The SMILES string of the molecule is COc1ccc(NC(=O)c2ccc(NC(=O)c3ccccc3NS(=O)(=O)c3cc(Cl)ccc3Cl)cc2)cc1. The first kappa shape index (κ1) is 27.0. The number of nitrogens with one attached hydrogen (secondary N) is 3. The van der Waals surface area contributed by atoms with Crippen molar-refractivity contribution in [2.75, 3.05) is 22.5 Å². The minimum Gasteiger partial charge on any atom is -0.497 e. The molecule has 0 saturated heterocycles. The molecule has 0 aliphatic heterocycles. The van der Waals surface area contributed by atoms with Crippen LogP contribution in [0.2, 0.25) is 10.0 Å². The van der Waals surface area contributed by atoms with Gasteiger partial charge < -0.3 is 15.4 Å². The van der Waals surface area contributed by atoms with Crippen LogP contribution in [0.15, 0.2) is 95.9 Å². The molecule has 4 rings (SSSR count). The van der Waals surface area contributed by atoms with Crippen LogP contribution in [0.25, 0.3) is 0 Å². The number of ether oxygens (including phenoxy) is 1. The molecule has 194 valence electrons. The van der Waals surface area contributed by atoms with Crippen molar-refractivity contribution in [2.24, 2.45) is 0 Å². The quantitative estimate of drug-likeness (QED) is 0.230. The van der Waals surface area contributed by atoms with Gasteiger partial charge in [-0.3, -0.25) is 14.3 Å². The molecular formula is C27H21Cl2N3O5S. The summed E-state index contributed by atoms with van der Waals surface area (Å²) < 4.78 is 33.4. The number of rotatable bonds is 8. The smallest absolute Gasteiger partial charge is 0.263 e. The van der Waals surface area contributed by atoms with Crippen LogP contribution >= 0.6 is 23.2 Å². The standard InChI is InChI=1S/C27H21Cl2N3O5S/c1-37-21-13-11-20(12-14-21)30-26(33)17-6-9-19(10-7-17)31-27(34)22-4-2-3-5-24(22)32-38(35,36)25-16-18(28)8-15-23(25)29/h2-16,32H,1H3,(H,30,33)(H,31,34). The van der Waals surface area contributed by atoms with Gasteiger partial charge in [-0.2, -0.15) is 0 Å². The van der Waals surface area contributed by atoms with Crippen molar-refractivity contribution in [3.05, 3.63) is 112 Å². The van der Waals surface area contributed by atoms with E-state index in [1.54, 1.807) is 67.8 Å². The summed E-state index contributed by atoms with van der Waals surface area (Å²) in [5.41, 5.74) is 1.52. The number of benzene rings is 4. The number of methoxy groups -OCH3 is 1. The van der Waals surface area contributed by atoms with Crippen LogP contribution in [0.4, 0.5) is 17.1 Å². The molecule has 0 aliphatic carbocycles. The second-order valence-corrected chi connectivity index (χ2v) is 10.4. The summed E-state index contributed by atoms with van der Waals surface area (Å²) in [6.45, 7) is 0. The molecule has 0 heterocycles. The summed E-state index contributed by atoms with van der Waals surface area (Å²) in [5, 5.41) is 5.67. The molecule has 8 nitrogen and oxygen atoms in total. The summed E-state index contributed by atoms with van der Waals surface area (Å²) in [7, 11) is -2.58. The van der Waals surface area contributed by atoms with Gasteiger partial charge in [-0.05, 0) is 78.9 Å². The molecule has 0 atom stereocenters. The molecular weight excluding hydrogens is 549 g/mol. The highest BCUT2D eigenvalue weighted by molar-refractivity contribution is 7.92. The largest absolute Gasteiger partial charge is 0.497 e. The van der Waals surface area contributed by atoms with Crippen LogP contribution in [0.1, 0.15) is 20.7 Å². The first-order valence-corrected chi connectivity index (χ1v) is 13.3. The molecule has 4 aromatic carbocycles. The van der Waals surface area contributed by atoms with Crippen molar-refractivity contribution >= 4 is 62.1 Å². The first-order valence-electron chi connectivity index (χ1n) is 11.1. The van der Waals surface area contributed by atoms with Gasteiger partial charge >= 0.3 is 0 Å². The Bertz CT molecular complexity index is 1590. The lowest BCUT2D eigenvalue weighted by Gasteiger charge is -2.14. The highest BCUT2D eigenvalue weighted by Crippen LogP contribution is 2.28.